The number of fused-ring (bicyclic) bond motifs is 6. The minimum Gasteiger partial charge on any atom is -0.309 e. The summed E-state index contributed by atoms with van der Waals surface area (Å²) in [5, 5.41) is 7.51. The van der Waals surface area contributed by atoms with Crippen LogP contribution in [0.3, 0.4) is 0 Å². The molecule has 10 rings (SSSR count). The Kier molecular flexibility index (Phi) is 6.81. The summed E-state index contributed by atoms with van der Waals surface area (Å²) in [7, 11) is 0. The molecule has 51 heavy (non-hydrogen) atoms. The van der Waals surface area contributed by atoms with Crippen molar-refractivity contribution in [2.24, 2.45) is 0 Å². The largest absolute Gasteiger partial charge is 0.309 e. The van der Waals surface area contributed by atoms with Crippen molar-refractivity contribution in [1.82, 2.24) is 14.5 Å². The molecule has 2 heterocycles. The van der Waals surface area contributed by atoms with Crippen molar-refractivity contribution < 1.29 is 0 Å². The normalized spacial score (nSPS) is 11.5. The summed E-state index contributed by atoms with van der Waals surface area (Å²) < 4.78 is 2.38. The van der Waals surface area contributed by atoms with Gasteiger partial charge in [-0.15, -0.1) is 0 Å². The van der Waals surface area contributed by atoms with Crippen molar-refractivity contribution in [3.05, 3.63) is 188 Å². The topological polar surface area (TPSA) is 30.7 Å². The fraction of sp³-hybridized carbons (Fsp3) is 0. The fourth-order valence-corrected chi connectivity index (χ4v) is 7.56. The van der Waals surface area contributed by atoms with E-state index in [4.69, 9.17) is 9.97 Å². The van der Waals surface area contributed by atoms with E-state index in [1.54, 1.807) is 0 Å². The minimum absolute atomic E-state index is 0.705. The van der Waals surface area contributed by atoms with Crippen molar-refractivity contribution in [2.75, 3.05) is 0 Å². The van der Waals surface area contributed by atoms with Gasteiger partial charge < -0.3 is 4.57 Å². The summed E-state index contributed by atoms with van der Waals surface area (Å²) in [6, 6.07) is 66.8. The molecule has 0 saturated heterocycles. The summed E-state index contributed by atoms with van der Waals surface area (Å²) in [5.74, 6) is 0.705. The van der Waals surface area contributed by atoms with Crippen LogP contribution in [-0.2, 0) is 0 Å². The Morgan fingerprint density at radius 1 is 0.353 bits per heavy atom. The summed E-state index contributed by atoms with van der Waals surface area (Å²) >= 11 is 0. The highest BCUT2D eigenvalue weighted by Crippen LogP contribution is 2.39. The maximum atomic E-state index is 5.06. The van der Waals surface area contributed by atoms with Gasteiger partial charge in [-0.25, -0.2) is 9.97 Å². The first kappa shape index (κ1) is 29.1. The molecule has 238 valence electrons. The third-order valence-corrected chi connectivity index (χ3v) is 10.0. The molecule has 10 aromatic rings. The van der Waals surface area contributed by atoms with Crippen molar-refractivity contribution in [2.45, 2.75) is 0 Å². The van der Waals surface area contributed by atoms with E-state index in [1.165, 1.54) is 54.5 Å². The Balaban J connectivity index is 1.12. The van der Waals surface area contributed by atoms with E-state index in [0.29, 0.717) is 5.82 Å². The Hall–Kier alpha value is -6.84. The van der Waals surface area contributed by atoms with E-state index in [1.807, 2.05) is 36.4 Å². The van der Waals surface area contributed by atoms with Crippen LogP contribution in [0.2, 0.25) is 0 Å². The number of nitrogens with zero attached hydrogens (tertiary/aromatic N) is 3. The van der Waals surface area contributed by atoms with Gasteiger partial charge in [0.25, 0.3) is 0 Å². The van der Waals surface area contributed by atoms with E-state index in [-0.39, 0.29) is 0 Å². The lowest BCUT2D eigenvalue weighted by Crippen LogP contribution is -1.97. The molecular weight excluding hydrogens is 619 g/mol. The van der Waals surface area contributed by atoms with Crippen LogP contribution in [0.4, 0.5) is 0 Å². The van der Waals surface area contributed by atoms with Gasteiger partial charge in [-0.1, -0.05) is 140 Å². The Morgan fingerprint density at radius 2 is 0.941 bits per heavy atom. The predicted octanol–water partition coefficient (Wildman–Crippen LogP) is 12.5. The molecular formula is C48H31N3. The summed E-state index contributed by atoms with van der Waals surface area (Å²) in [4.78, 5) is 10.1. The first-order valence-electron chi connectivity index (χ1n) is 17.3. The molecule has 0 aliphatic carbocycles. The predicted molar refractivity (Wildman–Crippen MR) is 213 cm³/mol. The second-order valence-electron chi connectivity index (χ2n) is 13.0. The maximum absolute atomic E-state index is 5.06. The zero-order valence-electron chi connectivity index (χ0n) is 27.7. The molecule has 0 bridgehead atoms. The molecule has 0 aliphatic heterocycles. The van der Waals surface area contributed by atoms with Crippen molar-refractivity contribution in [3.8, 4) is 50.7 Å². The number of benzene rings is 8. The van der Waals surface area contributed by atoms with Crippen LogP contribution < -0.4 is 0 Å². The quantitative estimate of drug-likeness (QED) is 0.186. The molecule has 0 fully saturated rings. The van der Waals surface area contributed by atoms with Gasteiger partial charge in [0, 0.05) is 33.2 Å². The van der Waals surface area contributed by atoms with Gasteiger partial charge in [-0.2, -0.15) is 0 Å². The van der Waals surface area contributed by atoms with Gasteiger partial charge in [0.15, 0.2) is 5.82 Å². The minimum atomic E-state index is 0.705. The zero-order valence-corrected chi connectivity index (χ0v) is 27.7. The third-order valence-electron chi connectivity index (χ3n) is 10.0. The van der Waals surface area contributed by atoms with Gasteiger partial charge >= 0.3 is 0 Å². The molecule has 0 radical (unpaired) electrons. The Morgan fingerprint density at radius 3 is 1.69 bits per heavy atom. The van der Waals surface area contributed by atoms with Crippen molar-refractivity contribution >= 4 is 43.4 Å². The van der Waals surface area contributed by atoms with Gasteiger partial charge in [0.2, 0.25) is 0 Å². The lowest BCUT2D eigenvalue weighted by molar-refractivity contribution is 1.16. The molecule has 3 nitrogen and oxygen atoms in total. The van der Waals surface area contributed by atoms with Crippen LogP contribution in [-0.4, -0.2) is 14.5 Å². The number of hydrogen-bond acceptors (Lipinski definition) is 2. The first-order valence-corrected chi connectivity index (χ1v) is 17.3. The molecule has 8 aromatic carbocycles. The van der Waals surface area contributed by atoms with E-state index >= 15 is 0 Å². The molecule has 3 heteroatoms. The highest BCUT2D eigenvalue weighted by Gasteiger charge is 2.17. The summed E-state index contributed by atoms with van der Waals surface area (Å²) in [6.07, 6.45) is 0. The number of hydrogen-bond donors (Lipinski definition) is 0. The lowest BCUT2D eigenvalue weighted by Gasteiger charge is -2.12. The highest BCUT2D eigenvalue weighted by atomic mass is 15.0. The number of rotatable bonds is 5. The Bertz CT molecular complexity index is 2830. The van der Waals surface area contributed by atoms with Gasteiger partial charge in [0.05, 0.1) is 22.4 Å². The van der Waals surface area contributed by atoms with Crippen LogP contribution in [0, 0.1) is 0 Å². The van der Waals surface area contributed by atoms with E-state index in [2.05, 4.69) is 156 Å². The van der Waals surface area contributed by atoms with Gasteiger partial charge in [-0.05, 0) is 81.2 Å². The zero-order chi connectivity index (χ0) is 33.7. The molecule has 0 atom stereocenters. The van der Waals surface area contributed by atoms with Crippen LogP contribution in [0.15, 0.2) is 188 Å². The van der Waals surface area contributed by atoms with Crippen LogP contribution in [0.5, 0.6) is 0 Å². The van der Waals surface area contributed by atoms with E-state index < -0.39 is 0 Å². The third kappa shape index (κ3) is 4.98. The lowest BCUT2D eigenvalue weighted by atomic mass is 9.95. The van der Waals surface area contributed by atoms with Crippen molar-refractivity contribution in [1.29, 1.82) is 0 Å². The average molecular weight is 650 g/mol. The molecule has 0 aliphatic rings. The maximum Gasteiger partial charge on any atom is 0.160 e. The van der Waals surface area contributed by atoms with Gasteiger partial charge in [0.1, 0.15) is 0 Å². The Labute approximate surface area is 295 Å². The van der Waals surface area contributed by atoms with Crippen LogP contribution in [0.1, 0.15) is 0 Å². The SMILES string of the molecule is c1ccc(-c2cc(-c3ccccc3)nc(-c3ccc(-n4c5ccccc5c5c6cc(-c7cccc8ccccc78)ccc6ccc54)cc3)n2)cc1. The average Bonchev–Trinajstić information content (AvgIpc) is 3.56. The second kappa shape index (κ2) is 11.9. The smallest absolute Gasteiger partial charge is 0.160 e. The molecule has 2 aromatic heterocycles. The first-order chi connectivity index (χ1) is 25.3. The van der Waals surface area contributed by atoms with E-state index in [0.717, 1.165) is 33.8 Å². The molecule has 0 amide bonds. The molecule has 0 spiro atoms. The van der Waals surface area contributed by atoms with Crippen molar-refractivity contribution in [3.63, 3.8) is 0 Å². The molecule has 0 N–H and O–H groups in total. The number of aromatic nitrogens is 3. The fourth-order valence-electron chi connectivity index (χ4n) is 7.56. The van der Waals surface area contributed by atoms with Gasteiger partial charge in [-0.3, -0.25) is 0 Å². The highest BCUT2D eigenvalue weighted by molar-refractivity contribution is 6.22. The molecule has 0 saturated carbocycles. The van der Waals surface area contributed by atoms with Crippen LogP contribution in [0.25, 0.3) is 94.1 Å². The second-order valence-corrected chi connectivity index (χ2v) is 13.0. The number of para-hydroxylation sites is 1. The van der Waals surface area contributed by atoms with E-state index in [9.17, 15) is 0 Å². The summed E-state index contributed by atoms with van der Waals surface area (Å²) in [5.41, 5.74) is 10.8. The molecule has 0 unspecified atom stereocenters. The van der Waals surface area contributed by atoms with Crippen LogP contribution >= 0.6 is 0 Å². The summed E-state index contributed by atoms with van der Waals surface area (Å²) in [6.45, 7) is 0. The monoisotopic (exact) mass is 649 g/mol. The standard InChI is InChI=1S/C48H31N3/c1-3-13-34(14-4-1)43-31-44(35-15-5-2-6-16-35)50-48(49-43)36-24-27-38(28-25-36)51-45-21-10-9-19-41(45)47-42-30-37(23-22-33(42)26-29-46(47)51)40-20-11-17-32-12-7-8-18-39(32)40/h1-31H.